The van der Waals surface area contributed by atoms with Gasteiger partial charge in [0, 0.05) is 17.3 Å². The van der Waals surface area contributed by atoms with Gasteiger partial charge in [0.15, 0.2) is 0 Å². The third-order valence-corrected chi connectivity index (χ3v) is 4.02. The number of fused-ring (bicyclic) bond motifs is 1. The van der Waals surface area contributed by atoms with Crippen LogP contribution in [0.1, 0.15) is 29.4 Å². The van der Waals surface area contributed by atoms with Gasteiger partial charge in [-0.05, 0) is 37.6 Å². The largest absolute Gasteiger partial charge is 0.493 e. The summed E-state index contributed by atoms with van der Waals surface area (Å²) in [6.07, 6.45) is 1.71. The van der Waals surface area contributed by atoms with Gasteiger partial charge >= 0.3 is 0 Å². The molecule has 2 aromatic carbocycles. The Balaban J connectivity index is 2.14. The summed E-state index contributed by atoms with van der Waals surface area (Å²) in [5.74, 6) is 1.81. The van der Waals surface area contributed by atoms with Gasteiger partial charge in [-0.25, -0.2) is 4.99 Å². The Morgan fingerprint density at radius 3 is 2.75 bits per heavy atom. The number of aliphatic imine (C=N–C) groups is 1. The van der Waals surface area contributed by atoms with Gasteiger partial charge in [0.05, 0.1) is 6.61 Å². The van der Waals surface area contributed by atoms with Crippen LogP contribution in [0.25, 0.3) is 10.8 Å². The highest BCUT2D eigenvalue weighted by Crippen LogP contribution is 2.30. The van der Waals surface area contributed by atoms with E-state index in [1.165, 1.54) is 0 Å². The molecule has 0 fully saturated rings. The minimum atomic E-state index is 0.336. The number of rotatable bonds is 4. The predicted octanol–water partition coefficient (Wildman–Crippen LogP) is 5.07. The Morgan fingerprint density at radius 2 is 2.00 bits per heavy atom. The van der Waals surface area contributed by atoms with Gasteiger partial charge < -0.3 is 9.15 Å². The zero-order chi connectivity index (χ0) is 17.1. The molecular formula is C20H18N2O2. The zero-order valence-corrected chi connectivity index (χ0v) is 14.0. The van der Waals surface area contributed by atoms with Crippen molar-refractivity contribution in [3.05, 3.63) is 58.8 Å². The van der Waals surface area contributed by atoms with Crippen molar-refractivity contribution in [1.82, 2.24) is 0 Å². The van der Waals surface area contributed by atoms with Crippen molar-refractivity contribution in [2.24, 2.45) is 4.99 Å². The molecule has 0 radical (unpaired) electrons. The van der Waals surface area contributed by atoms with Crippen LogP contribution in [0, 0.1) is 25.2 Å². The average molecular weight is 318 g/mol. The Morgan fingerprint density at radius 1 is 1.21 bits per heavy atom. The molecule has 0 N–H and O–H groups in total. The van der Waals surface area contributed by atoms with Crippen LogP contribution in [0.5, 0.6) is 5.75 Å². The lowest BCUT2D eigenvalue weighted by Crippen LogP contribution is -1.97. The number of furan rings is 1. The fourth-order valence-electron chi connectivity index (χ4n) is 2.64. The smallest absolute Gasteiger partial charge is 0.237 e. The second-order valence-electron chi connectivity index (χ2n) is 5.46. The summed E-state index contributed by atoms with van der Waals surface area (Å²) in [4.78, 5) is 4.43. The fraction of sp³-hybridized carbons (Fsp3) is 0.200. The number of ether oxygens (including phenoxy) is 1. The summed E-state index contributed by atoms with van der Waals surface area (Å²) in [5, 5.41) is 11.5. The maximum absolute atomic E-state index is 9.31. The quantitative estimate of drug-likeness (QED) is 0.631. The Kier molecular flexibility index (Phi) is 4.35. The predicted molar refractivity (Wildman–Crippen MR) is 95.3 cm³/mol. The molecule has 0 bridgehead atoms. The van der Waals surface area contributed by atoms with Crippen LogP contribution >= 0.6 is 0 Å². The highest BCUT2D eigenvalue weighted by atomic mass is 16.5. The summed E-state index contributed by atoms with van der Waals surface area (Å²) < 4.78 is 11.3. The standard InChI is InChI=1S/C20H18N2O2/c1-4-23-19-10-9-15-7-5-6-8-16(15)18(19)12-22-20-17(11-21)13(2)14(3)24-20/h5-10,12H,4H2,1-3H3/b22-12+. The number of benzene rings is 2. The molecule has 0 aliphatic heterocycles. The molecule has 0 atom stereocenters. The number of hydrogen-bond donors (Lipinski definition) is 0. The van der Waals surface area contributed by atoms with Gasteiger partial charge in [0.2, 0.25) is 5.88 Å². The van der Waals surface area contributed by atoms with Crippen molar-refractivity contribution in [3.63, 3.8) is 0 Å². The SMILES string of the molecule is CCOc1ccc2ccccc2c1/C=N/c1oc(C)c(C)c1C#N. The second kappa shape index (κ2) is 6.59. The second-order valence-corrected chi connectivity index (χ2v) is 5.46. The summed E-state index contributed by atoms with van der Waals surface area (Å²) in [6.45, 7) is 6.21. The van der Waals surface area contributed by atoms with E-state index in [4.69, 9.17) is 9.15 Å². The van der Waals surface area contributed by atoms with Gasteiger partial charge in [-0.15, -0.1) is 0 Å². The molecule has 4 nitrogen and oxygen atoms in total. The Labute approximate surface area is 141 Å². The van der Waals surface area contributed by atoms with E-state index in [2.05, 4.69) is 11.1 Å². The van der Waals surface area contributed by atoms with Crippen molar-refractivity contribution in [2.75, 3.05) is 6.61 Å². The first-order valence-electron chi connectivity index (χ1n) is 7.84. The Bertz CT molecular complexity index is 962. The number of nitrogens with zero attached hydrogens (tertiary/aromatic N) is 2. The van der Waals surface area contributed by atoms with Crippen LogP contribution in [0.3, 0.4) is 0 Å². The zero-order valence-electron chi connectivity index (χ0n) is 14.0. The summed E-state index contributed by atoms with van der Waals surface area (Å²) >= 11 is 0. The summed E-state index contributed by atoms with van der Waals surface area (Å²) in [6, 6.07) is 14.2. The van der Waals surface area contributed by atoms with Gasteiger partial charge in [-0.3, -0.25) is 0 Å². The molecule has 1 heterocycles. The molecule has 0 unspecified atom stereocenters. The first kappa shape index (κ1) is 15.8. The molecule has 0 aliphatic carbocycles. The van der Waals surface area contributed by atoms with E-state index in [1.807, 2.05) is 57.2 Å². The maximum atomic E-state index is 9.31. The molecule has 4 heteroatoms. The number of nitriles is 1. The van der Waals surface area contributed by atoms with E-state index < -0.39 is 0 Å². The Hall–Kier alpha value is -3.06. The molecule has 0 spiro atoms. The normalized spacial score (nSPS) is 11.1. The molecule has 3 rings (SSSR count). The lowest BCUT2D eigenvalue weighted by molar-refractivity contribution is 0.340. The number of hydrogen-bond acceptors (Lipinski definition) is 4. The van der Waals surface area contributed by atoms with Crippen molar-refractivity contribution in [3.8, 4) is 11.8 Å². The third-order valence-electron chi connectivity index (χ3n) is 4.02. The summed E-state index contributed by atoms with van der Waals surface area (Å²) in [5.41, 5.74) is 2.18. The van der Waals surface area contributed by atoms with Crippen LogP contribution in [0.15, 0.2) is 45.8 Å². The molecule has 3 aromatic rings. The van der Waals surface area contributed by atoms with Crippen LogP contribution in [0.4, 0.5) is 5.88 Å². The van der Waals surface area contributed by atoms with E-state index in [0.717, 1.165) is 27.6 Å². The van der Waals surface area contributed by atoms with E-state index in [0.29, 0.717) is 23.8 Å². The lowest BCUT2D eigenvalue weighted by Gasteiger charge is -2.09. The molecule has 0 saturated carbocycles. The van der Waals surface area contributed by atoms with Gasteiger partial charge in [-0.1, -0.05) is 30.3 Å². The van der Waals surface area contributed by atoms with Crippen LogP contribution in [-0.4, -0.2) is 12.8 Å². The van der Waals surface area contributed by atoms with E-state index in [1.54, 1.807) is 6.21 Å². The maximum Gasteiger partial charge on any atom is 0.237 e. The minimum Gasteiger partial charge on any atom is -0.493 e. The topological polar surface area (TPSA) is 58.5 Å². The molecule has 24 heavy (non-hydrogen) atoms. The van der Waals surface area contributed by atoms with E-state index >= 15 is 0 Å². The van der Waals surface area contributed by atoms with Crippen LogP contribution in [0.2, 0.25) is 0 Å². The first-order valence-corrected chi connectivity index (χ1v) is 7.84. The fourth-order valence-corrected chi connectivity index (χ4v) is 2.64. The highest BCUT2D eigenvalue weighted by Gasteiger charge is 2.14. The molecule has 120 valence electrons. The molecule has 1 aromatic heterocycles. The van der Waals surface area contributed by atoms with Crippen molar-refractivity contribution in [2.45, 2.75) is 20.8 Å². The average Bonchev–Trinajstić information content (AvgIpc) is 2.87. The van der Waals surface area contributed by atoms with Gasteiger partial charge in [0.25, 0.3) is 0 Å². The highest BCUT2D eigenvalue weighted by molar-refractivity contribution is 6.03. The van der Waals surface area contributed by atoms with E-state index in [9.17, 15) is 5.26 Å². The molecule has 0 aliphatic rings. The monoisotopic (exact) mass is 318 g/mol. The summed E-state index contributed by atoms with van der Waals surface area (Å²) in [7, 11) is 0. The number of aryl methyl sites for hydroxylation is 1. The molecule has 0 saturated heterocycles. The van der Waals surface area contributed by atoms with E-state index in [-0.39, 0.29) is 0 Å². The van der Waals surface area contributed by atoms with Crippen molar-refractivity contribution in [1.29, 1.82) is 5.26 Å². The first-order chi connectivity index (χ1) is 11.7. The minimum absolute atomic E-state index is 0.336. The van der Waals surface area contributed by atoms with Crippen molar-refractivity contribution >= 4 is 22.9 Å². The van der Waals surface area contributed by atoms with Crippen molar-refractivity contribution < 1.29 is 9.15 Å². The van der Waals surface area contributed by atoms with Gasteiger partial charge in [0.1, 0.15) is 23.1 Å². The molecule has 0 amide bonds. The third kappa shape index (κ3) is 2.77. The van der Waals surface area contributed by atoms with Crippen LogP contribution < -0.4 is 4.74 Å². The molecular weight excluding hydrogens is 300 g/mol. The lowest BCUT2D eigenvalue weighted by atomic mass is 10.0. The van der Waals surface area contributed by atoms with Gasteiger partial charge in [-0.2, -0.15) is 5.26 Å². The van der Waals surface area contributed by atoms with Crippen LogP contribution in [-0.2, 0) is 0 Å².